The van der Waals surface area contributed by atoms with Gasteiger partial charge >= 0.3 is 5.97 Å². The number of hydrogen-bond acceptors (Lipinski definition) is 3. The molecule has 0 atom stereocenters. The van der Waals surface area contributed by atoms with Gasteiger partial charge in [0.05, 0.1) is 6.61 Å². The Morgan fingerprint density at radius 2 is 1.78 bits per heavy atom. The normalized spacial score (nSPS) is 10.7. The summed E-state index contributed by atoms with van der Waals surface area (Å²) >= 11 is 3.41. The molecule has 0 aliphatic rings. The maximum Gasteiger partial charge on any atom is 0.330 e. The second kappa shape index (κ2) is 9.16. The fraction of sp³-hybridized carbons (Fsp3) is 0.211. The Morgan fingerprint density at radius 1 is 1.09 bits per heavy atom. The Hall–Kier alpha value is -2.07. The van der Waals surface area contributed by atoms with E-state index < -0.39 is 0 Å². The SMILES string of the molecule is CCCOC(=O)/C=C/c1ccc(OCc2ccc(Br)cc2)cc1. The summed E-state index contributed by atoms with van der Waals surface area (Å²) in [6.45, 7) is 2.93. The average molecular weight is 375 g/mol. The van der Waals surface area contributed by atoms with Gasteiger partial charge in [-0.05, 0) is 47.9 Å². The molecule has 0 fully saturated rings. The van der Waals surface area contributed by atoms with Crippen LogP contribution in [0.3, 0.4) is 0 Å². The van der Waals surface area contributed by atoms with E-state index in [2.05, 4.69) is 15.9 Å². The van der Waals surface area contributed by atoms with Gasteiger partial charge in [0.15, 0.2) is 0 Å². The lowest BCUT2D eigenvalue weighted by molar-refractivity contribution is -0.137. The molecule has 2 aromatic carbocycles. The van der Waals surface area contributed by atoms with Crippen LogP contribution in [0, 0.1) is 0 Å². The second-order valence-corrected chi connectivity index (χ2v) is 5.90. The van der Waals surface area contributed by atoms with Gasteiger partial charge in [0.1, 0.15) is 12.4 Å². The van der Waals surface area contributed by atoms with Gasteiger partial charge in [-0.15, -0.1) is 0 Å². The van der Waals surface area contributed by atoms with Gasteiger partial charge in [-0.1, -0.05) is 47.1 Å². The Kier molecular flexibility index (Phi) is 6.88. The predicted molar refractivity (Wildman–Crippen MR) is 95.2 cm³/mol. The van der Waals surface area contributed by atoms with Crippen LogP contribution in [0.25, 0.3) is 6.08 Å². The molecule has 0 saturated heterocycles. The first-order valence-electron chi connectivity index (χ1n) is 7.49. The highest BCUT2D eigenvalue weighted by Gasteiger charge is 1.98. The van der Waals surface area contributed by atoms with Crippen molar-refractivity contribution >= 4 is 28.0 Å². The van der Waals surface area contributed by atoms with Crippen LogP contribution in [0.5, 0.6) is 5.75 Å². The molecular formula is C19H19BrO3. The zero-order valence-corrected chi connectivity index (χ0v) is 14.6. The number of benzene rings is 2. The minimum Gasteiger partial charge on any atom is -0.489 e. The van der Waals surface area contributed by atoms with Crippen LogP contribution in [0.4, 0.5) is 0 Å². The third-order valence-electron chi connectivity index (χ3n) is 3.06. The highest BCUT2D eigenvalue weighted by Crippen LogP contribution is 2.16. The summed E-state index contributed by atoms with van der Waals surface area (Å²) in [5, 5.41) is 0. The first kappa shape index (κ1) is 17.3. The molecule has 0 aliphatic heterocycles. The molecule has 23 heavy (non-hydrogen) atoms. The van der Waals surface area contributed by atoms with Crippen LogP contribution in [-0.2, 0) is 16.1 Å². The summed E-state index contributed by atoms with van der Waals surface area (Å²) in [6, 6.07) is 15.6. The van der Waals surface area contributed by atoms with E-state index in [-0.39, 0.29) is 5.97 Å². The van der Waals surface area contributed by atoms with Crippen molar-refractivity contribution in [3.63, 3.8) is 0 Å². The van der Waals surface area contributed by atoms with Crippen molar-refractivity contribution in [2.24, 2.45) is 0 Å². The topological polar surface area (TPSA) is 35.5 Å². The Labute approximate surface area is 145 Å². The zero-order chi connectivity index (χ0) is 16.5. The summed E-state index contributed by atoms with van der Waals surface area (Å²) in [5.74, 6) is 0.473. The summed E-state index contributed by atoms with van der Waals surface area (Å²) in [4.78, 5) is 11.4. The lowest BCUT2D eigenvalue weighted by atomic mass is 10.2. The van der Waals surface area contributed by atoms with Gasteiger partial charge < -0.3 is 9.47 Å². The molecule has 0 N–H and O–H groups in total. The third-order valence-corrected chi connectivity index (χ3v) is 3.59. The van der Waals surface area contributed by atoms with E-state index in [0.29, 0.717) is 13.2 Å². The monoisotopic (exact) mass is 374 g/mol. The third kappa shape index (κ3) is 6.28. The van der Waals surface area contributed by atoms with Crippen LogP contribution >= 0.6 is 15.9 Å². The summed E-state index contributed by atoms with van der Waals surface area (Å²) < 4.78 is 11.8. The van der Waals surface area contributed by atoms with Gasteiger partial charge in [-0.2, -0.15) is 0 Å². The number of halogens is 1. The van der Waals surface area contributed by atoms with E-state index in [9.17, 15) is 4.79 Å². The van der Waals surface area contributed by atoms with Crippen LogP contribution in [-0.4, -0.2) is 12.6 Å². The van der Waals surface area contributed by atoms with Gasteiger partial charge in [0.25, 0.3) is 0 Å². The van der Waals surface area contributed by atoms with Crippen molar-refractivity contribution in [3.8, 4) is 5.75 Å². The quantitative estimate of drug-likeness (QED) is 0.505. The van der Waals surface area contributed by atoms with Crippen molar-refractivity contribution in [1.82, 2.24) is 0 Å². The molecular weight excluding hydrogens is 356 g/mol. The van der Waals surface area contributed by atoms with Crippen molar-refractivity contribution < 1.29 is 14.3 Å². The van der Waals surface area contributed by atoms with E-state index >= 15 is 0 Å². The highest BCUT2D eigenvalue weighted by molar-refractivity contribution is 9.10. The first-order valence-corrected chi connectivity index (χ1v) is 8.29. The minimum absolute atomic E-state index is 0.317. The molecule has 0 aliphatic carbocycles. The molecule has 4 heteroatoms. The molecule has 0 amide bonds. The molecule has 120 valence electrons. The molecule has 0 radical (unpaired) electrons. The number of hydrogen-bond donors (Lipinski definition) is 0. The fourth-order valence-electron chi connectivity index (χ4n) is 1.84. The first-order chi connectivity index (χ1) is 11.2. The van der Waals surface area contributed by atoms with E-state index in [4.69, 9.17) is 9.47 Å². The molecule has 0 heterocycles. The molecule has 0 bridgehead atoms. The van der Waals surface area contributed by atoms with Crippen molar-refractivity contribution in [3.05, 3.63) is 70.2 Å². The van der Waals surface area contributed by atoms with Gasteiger partial charge in [-0.25, -0.2) is 4.79 Å². The molecule has 2 rings (SSSR count). The van der Waals surface area contributed by atoms with Crippen LogP contribution in [0.1, 0.15) is 24.5 Å². The van der Waals surface area contributed by atoms with Crippen LogP contribution < -0.4 is 4.74 Å². The molecule has 0 saturated carbocycles. The van der Waals surface area contributed by atoms with Crippen molar-refractivity contribution in [2.75, 3.05) is 6.61 Å². The average Bonchev–Trinajstić information content (AvgIpc) is 2.58. The van der Waals surface area contributed by atoms with Crippen LogP contribution in [0.2, 0.25) is 0 Å². The molecule has 0 spiro atoms. The summed E-state index contributed by atoms with van der Waals surface area (Å²) in [6.07, 6.45) is 3.99. The van der Waals surface area contributed by atoms with Gasteiger partial charge in [0, 0.05) is 10.5 Å². The van der Waals surface area contributed by atoms with E-state index in [1.807, 2.05) is 55.5 Å². The predicted octanol–water partition coefficient (Wildman–Crippen LogP) is 4.99. The van der Waals surface area contributed by atoms with Crippen LogP contribution in [0.15, 0.2) is 59.1 Å². The summed E-state index contributed by atoms with van der Waals surface area (Å²) in [7, 11) is 0. The molecule has 2 aromatic rings. The zero-order valence-electron chi connectivity index (χ0n) is 13.0. The maximum atomic E-state index is 11.4. The van der Waals surface area contributed by atoms with E-state index in [1.165, 1.54) is 6.08 Å². The Balaban J connectivity index is 1.85. The molecule has 0 aromatic heterocycles. The van der Waals surface area contributed by atoms with Crippen molar-refractivity contribution in [1.29, 1.82) is 0 Å². The van der Waals surface area contributed by atoms with E-state index in [0.717, 1.165) is 27.8 Å². The highest BCUT2D eigenvalue weighted by atomic mass is 79.9. The number of carbonyl (C=O) groups excluding carboxylic acids is 1. The molecule has 0 unspecified atom stereocenters. The largest absolute Gasteiger partial charge is 0.489 e. The number of esters is 1. The summed E-state index contributed by atoms with van der Waals surface area (Å²) in [5.41, 5.74) is 2.03. The maximum absolute atomic E-state index is 11.4. The number of carbonyl (C=O) groups is 1. The minimum atomic E-state index is -0.317. The number of rotatable bonds is 7. The Bertz CT molecular complexity index is 645. The Morgan fingerprint density at radius 3 is 2.43 bits per heavy atom. The number of ether oxygens (including phenoxy) is 2. The lowest BCUT2D eigenvalue weighted by Crippen LogP contribution is -2.00. The van der Waals surface area contributed by atoms with E-state index in [1.54, 1.807) is 6.08 Å². The van der Waals surface area contributed by atoms with Crippen molar-refractivity contribution in [2.45, 2.75) is 20.0 Å². The second-order valence-electron chi connectivity index (χ2n) is 4.99. The lowest BCUT2D eigenvalue weighted by Gasteiger charge is -2.06. The standard InChI is InChI=1S/C19H19BrO3/c1-2-13-22-19(21)12-7-15-5-10-18(11-6-15)23-14-16-3-8-17(20)9-4-16/h3-12H,2,13-14H2,1H3/b12-7+. The fourth-order valence-corrected chi connectivity index (χ4v) is 2.10. The smallest absolute Gasteiger partial charge is 0.330 e. The van der Waals surface area contributed by atoms with Gasteiger partial charge in [-0.3, -0.25) is 0 Å². The van der Waals surface area contributed by atoms with Gasteiger partial charge in [0.2, 0.25) is 0 Å². The molecule has 3 nitrogen and oxygen atoms in total.